The smallest absolute Gasteiger partial charge is 0.128 e. The molecule has 0 atom stereocenters. The van der Waals surface area contributed by atoms with Gasteiger partial charge >= 0.3 is 0 Å². The summed E-state index contributed by atoms with van der Waals surface area (Å²) in [6, 6.07) is 4.48. The Morgan fingerprint density at radius 1 is 1.38 bits per heavy atom. The van der Waals surface area contributed by atoms with Gasteiger partial charge in [0.15, 0.2) is 0 Å². The Balaban J connectivity index is 2.14. The van der Waals surface area contributed by atoms with Crippen molar-refractivity contribution in [3.63, 3.8) is 0 Å². The van der Waals surface area contributed by atoms with E-state index in [4.69, 9.17) is 17.3 Å². The van der Waals surface area contributed by atoms with E-state index in [0.29, 0.717) is 17.6 Å². The minimum Gasteiger partial charge on any atom is -0.352 e. The first-order valence-corrected chi connectivity index (χ1v) is 6.27. The number of rotatable bonds is 4. The van der Waals surface area contributed by atoms with Crippen LogP contribution in [-0.4, -0.2) is 24.1 Å². The molecule has 0 aliphatic heterocycles. The quantitative estimate of drug-likeness (QED) is 0.878. The number of pyridine rings is 1. The first-order chi connectivity index (χ1) is 7.81. The summed E-state index contributed by atoms with van der Waals surface area (Å²) in [5.74, 6) is 1.00. The van der Waals surface area contributed by atoms with Gasteiger partial charge in [-0.15, -0.1) is 0 Å². The lowest BCUT2D eigenvalue weighted by atomic mass is 10.2. The third-order valence-corrected chi connectivity index (χ3v) is 3.37. The number of halogens is 1. The van der Waals surface area contributed by atoms with Crippen LogP contribution in [0.2, 0.25) is 5.02 Å². The number of anilines is 1. The maximum absolute atomic E-state index is 5.85. The topological polar surface area (TPSA) is 42.1 Å². The fraction of sp³-hybridized carbons (Fsp3) is 0.583. The average molecular weight is 240 g/mol. The lowest BCUT2D eigenvalue weighted by Crippen LogP contribution is -2.37. The standard InChI is InChI=1S/C12H18ClN3/c13-10-5-6-12(15-9-10)16(8-7-14)11-3-1-2-4-11/h5-6,9,11H,1-4,7-8,14H2. The molecule has 0 aromatic carbocycles. The van der Waals surface area contributed by atoms with Crippen molar-refractivity contribution in [2.24, 2.45) is 5.73 Å². The molecule has 4 heteroatoms. The predicted octanol–water partition coefficient (Wildman–Crippen LogP) is 2.44. The summed E-state index contributed by atoms with van der Waals surface area (Å²) in [5.41, 5.74) is 5.67. The summed E-state index contributed by atoms with van der Waals surface area (Å²) >= 11 is 5.85. The van der Waals surface area contributed by atoms with E-state index in [1.807, 2.05) is 12.1 Å². The Morgan fingerprint density at radius 2 is 2.12 bits per heavy atom. The molecule has 1 aromatic rings. The van der Waals surface area contributed by atoms with Crippen LogP contribution >= 0.6 is 11.6 Å². The van der Waals surface area contributed by atoms with E-state index >= 15 is 0 Å². The van der Waals surface area contributed by atoms with E-state index in [1.54, 1.807) is 6.20 Å². The third kappa shape index (κ3) is 2.66. The zero-order chi connectivity index (χ0) is 11.4. The third-order valence-electron chi connectivity index (χ3n) is 3.14. The number of hydrogen-bond donors (Lipinski definition) is 1. The van der Waals surface area contributed by atoms with Gasteiger partial charge in [-0.1, -0.05) is 24.4 Å². The largest absolute Gasteiger partial charge is 0.352 e. The Morgan fingerprint density at radius 3 is 2.69 bits per heavy atom. The summed E-state index contributed by atoms with van der Waals surface area (Å²) in [6.45, 7) is 1.54. The highest BCUT2D eigenvalue weighted by Crippen LogP contribution is 2.27. The average Bonchev–Trinajstić information content (AvgIpc) is 2.81. The fourth-order valence-electron chi connectivity index (χ4n) is 2.38. The number of aromatic nitrogens is 1. The number of nitrogens with zero attached hydrogens (tertiary/aromatic N) is 2. The molecule has 2 N–H and O–H groups in total. The highest BCUT2D eigenvalue weighted by Gasteiger charge is 2.22. The van der Waals surface area contributed by atoms with Gasteiger partial charge in [-0.3, -0.25) is 0 Å². The molecule has 2 rings (SSSR count). The van der Waals surface area contributed by atoms with Crippen LogP contribution in [0.3, 0.4) is 0 Å². The molecule has 1 aliphatic rings. The molecule has 1 aromatic heterocycles. The molecule has 0 radical (unpaired) electrons. The molecular formula is C12H18ClN3. The second-order valence-corrected chi connectivity index (χ2v) is 4.69. The zero-order valence-corrected chi connectivity index (χ0v) is 10.2. The van der Waals surface area contributed by atoms with Crippen LogP contribution < -0.4 is 10.6 Å². The van der Waals surface area contributed by atoms with Crippen LogP contribution in [0, 0.1) is 0 Å². The molecule has 1 fully saturated rings. The van der Waals surface area contributed by atoms with Crippen molar-refractivity contribution in [2.75, 3.05) is 18.0 Å². The normalized spacial score (nSPS) is 16.6. The second kappa shape index (κ2) is 5.51. The van der Waals surface area contributed by atoms with Crippen molar-refractivity contribution in [1.82, 2.24) is 4.98 Å². The van der Waals surface area contributed by atoms with Crippen LogP contribution in [0.5, 0.6) is 0 Å². The number of nitrogens with two attached hydrogens (primary N) is 1. The summed E-state index contributed by atoms with van der Waals surface area (Å²) < 4.78 is 0. The van der Waals surface area contributed by atoms with Gasteiger partial charge in [-0.25, -0.2) is 4.98 Å². The molecule has 0 amide bonds. The summed E-state index contributed by atoms with van der Waals surface area (Å²) in [4.78, 5) is 6.70. The fourth-order valence-corrected chi connectivity index (χ4v) is 2.49. The van der Waals surface area contributed by atoms with E-state index in [9.17, 15) is 0 Å². The van der Waals surface area contributed by atoms with E-state index in [2.05, 4.69) is 9.88 Å². The lowest BCUT2D eigenvalue weighted by molar-refractivity contribution is 0.602. The van der Waals surface area contributed by atoms with Crippen molar-refractivity contribution >= 4 is 17.4 Å². The maximum Gasteiger partial charge on any atom is 0.128 e. The molecule has 1 saturated carbocycles. The van der Waals surface area contributed by atoms with Crippen molar-refractivity contribution in [1.29, 1.82) is 0 Å². The molecule has 16 heavy (non-hydrogen) atoms. The Bertz CT molecular complexity index is 320. The Hall–Kier alpha value is -0.800. The maximum atomic E-state index is 5.85. The van der Waals surface area contributed by atoms with Crippen molar-refractivity contribution < 1.29 is 0 Å². The minimum atomic E-state index is 0.609. The van der Waals surface area contributed by atoms with Crippen LogP contribution in [0.15, 0.2) is 18.3 Å². The molecule has 0 bridgehead atoms. The highest BCUT2D eigenvalue weighted by molar-refractivity contribution is 6.30. The molecule has 1 heterocycles. The van der Waals surface area contributed by atoms with E-state index in [1.165, 1.54) is 25.7 Å². The second-order valence-electron chi connectivity index (χ2n) is 4.25. The summed E-state index contributed by atoms with van der Waals surface area (Å²) in [7, 11) is 0. The van der Waals surface area contributed by atoms with Gasteiger partial charge in [0.25, 0.3) is 0 Å². The van der Waals surface area contributed by atoms with Crippen LogP contribution in [0.4, 0.5) is 5.82 Å². The predicted molar refractivity (Wildman–Crippen MR) is 67.9 cm³/mol. The monoisotopic (exact) mass is 239 g/mol. The van der Waals surface area contributed by atoms with Gasteiger partial charge < -0.3 is 10.6 Å². The van der Waals surface area contributed by atoms with Gasteiger partial charge in [-0.2, -0.15) is 0 Å². The van der Waals surface area contributed by atoms with Crippen molar-refractivity contribution in [2.45, 2.75) is 31.7 Å². The number of hydrogen-bond acceptors (Lipinski definition) is 3. The van der Waals surface area contributed by atoms with Crippen LogP contribution in [0.1, 0.15) is 25.7 Å². The molecular weight excluding hydrogens is 222 g/mol. The van der Waals surface area contributed by atoms with E-state index in [0.717, 1.165) is 12.4 Å². The van der Waals surface area contributed by atoms with Gasteiger partial charge in [0.2, 0.25) is 0 Å². The Kier molecular flexibility index (Phi) is 4.02. The highest BCUT2D eigenvalue weighted by atomic mass is 35.5. The van der Waals surface area contributed by atoms with Gasteiger partial charge in [0.1, 0.15) is 5.82 Å². The SMILES string of the molecule is NCCN(c1ccc(Cl)cn1)C1CCCC1. The first kappa shape index (κ1) is 11.7. The molecule has 1 aliphatic carbocycles. The first-order valence-electron chi connectivity index (χ1n) is 5.89. The summed E-state index contributed by atoms with van der Waals surface area (Å²) in [5, 5.41) is 0.683. The minimum absolute atomic E-state index is 0.609. The summed E-state index contributed by atoms with van der Waals surface area (Å²) in [6.07, 6.45) is 6.85. The van der Waals surface area contributed by atoms with Crippen molar-refractivity contribution in [3.05, 3.63) is 23.4 Å². The molecule has 88 valence electrons. The van der Waals surface area contributed by atoms with Gasteiger partial charge in [0.05, 0.1) is 5.02 Å². The lowest BCUT2D eigenvalue weighted by Gasteiger charge is -2.29. The zero-order valence-electron chi connectivity index (χ0n) is 9.40. The van der Waals surface area contributed by atoms with Gasteiger partial charge in [-0.05, 0) is 25.0 Å². The van der Waals surface area contributed by atoms with Crippen LogP contribution in [-0.2, 0) is 0 Å². The molecule has 0 unspecified atom stereocenters. The van der Waals surface area contributed by atoms with E-state index in [-0.39, 0.29) is 0 Å². The van der Waals surface area contributed by atoms with Gasteiger partial charge in [0, 0.05) is 25.3 Å². The van der Waals surface area contributed by atoms with E-state index < -0.39 is 0 Å². The molecule has 0 saturated heterocycles. The Labute approximate surface area is 102 Å². The molecule has 0 spiro atoms. The molecule has 3 nitrogen and oxygen atoms in total. The van der Waals surface area contributed by atoms with Crippen molar-refractivity contribution in [3.8, 4) is 0 Å². The van der Waals surface area contributed by atoms with Crippen LogP contribution in [0.25, 0.3) is 0 Å².